The molecular formula is C14H18BrN3O2. The first-order chi connectivity index (χ1) is 9.54. The number of carbonyl (C=O) groups excluding carboxylic acids is 1. The largest absolute Gasteiger partial charge is 0.409 e. The van der Waals surface area contributed by atoms with E-state index in [9.17, 15) is 4.79 Å². The molecule has 1 aromatic carbocycles. The van der Waals surface area contributed by atoms with Crippen molar-refractivity contribution in [2.24, 2.45) is 16.8 Å². The second kappa shape index (κ2) is 6.26. The molecule has 0 aliphatic carbocycles. The molecule has 1 aliphatic heterocycles. The molecule has 1 aliphatic rings. The van der Waals surface area contributed by atoms with Crippen molar-refractivity contribution in [3.63, 3.8) is 0 Å². The fraction of sp³-hybridized carbons (Fsp3) is 0.429. The number of aryl methyl sites for hydroxylation is 1. The molecule has 1 heterocycles. The second-order valence-corrected chi connectivity index (χ2v) is 5.82. The average molecular weight is 340 g/mol. The smallest absolute Gasteiger partial charge is 0.255 e. The monoisotopic (exact) mass is 339 g/mol. The summed E-state index contributed by atoms with van der Waals surface area (Å²) < 4.78 is 0.851. The molecule has 6 heteroatoms. The zero-order chi connectivity index (χ0) is 14.7. The van der Waals surface area contributed by atoms with Gasteiger partial charge in [0.2, 0.25) is 0 Å². The number of hydrogen-bond acceptors (Lipinski definition) is 3. The van der Waals surface area contributed by atoms with Crippen LogP contribution in [0.1, 0.15) is 28.8 Å². The fourth-order valence-corrected chi connectivity index (χ4v) is 2.88. The second-order valence-electron chi connectivity index (χ2n) is 5.03. The van der Waals surface area contributed by atoms with E-state index in [2.05, 4.69) is 21.1 Å². The number of nitrogens with two attached hydrogens (primary N) is 1. The van der Waals surface area contributed by atoms with Crippen LogP contribution in [0.3, 0.4) is 0 Å². The summed E-state index contributed by atoms with van der Waals surface area (Å²) in [5, 5.41) is 11.7. The Bertz CT molecular complexity index is 537. The molecule has 0 radical (unpaired) electrons. The van der Waals surface area contributed by atoms with E-state index in [4.69, 9.17) is 10.9 Å². The third-order valence-corrected chi connectivity index (χ3v) is 4.79. The summed E-state index contributed by atoms with van der Waals surface area (Å²) in [7, 11) is 0. The Labute approximate surface area is 126 Å². The van der Waals surface area contributed by atoms with Crippen LogP contribution in [0.5, 0.6) is 0 Å². The van der Waals surface area contributed by atoms with E-state index in [0.717, 1.165) is 22.9 Å². The molecule has 1 saturated heterocycles. The van der Waals surface area contributed by atoms with E-state index in [0.29, 0.717) is 18.7 Å². The van der Waals surface area contributed by atoms with Gasteiger partial charge in [-0.25, -0.2) is 0 Å². The Kier molecular flexibility index (Phi) is 4.65. The minimum absolute atomic E-state index is 0.0264. The molecular weight excluding hydrogens is 322 g/mol. The normalized spacial score (nSPS) is 17.3. The maximum Gasteiger partial charge on any atom is 0.255 e. The Hall–Kier alpha value is -1.56. The quantitative estimate of drug-likeness (QED) is 0.375. The predicted octanol–water partition coefficient (Wildman–Crippen LogP) is 2.36. The van der Waals surface area contributed by atoms with E-state index < -0.39 is 0 Å². The van der Waals surface area contributed by atoms with Gasteiger partial charge in [-0.15, -0.1) is 0 Å². The SMILES string of the molecule is Cc1cccc(C(=O)N2CCC(/C(N)=N/O)CC2)c1Br. The van der Waals surface area contributed by atoms with E-state index >= 15 is 0 Å². The number of nitrogens with zero attached hydrogens (tertiary/aromatic N) is 2. The molecule has 0 spiro atoms. The predicted molar refractivity (Wildman–Crippen MR) is 80.9 cm³/mol. The van der Waals surface area contributed by atoms with Crippen molar-refractivity contribution in [3.8, 4) is 0 Å². The van der Waals surface area contributed by atoms with Crippen LogP contribution in [0.4, 0.5) is 0 Å². The first-order valence-electron chi connectivity index (χ1n) is 6.56. The topological polar surface area (TPSA) is 78.9 Å². The molecule has 1 amide bonds. The molecule has 2 rings (SSSR count). The number of piperidine rings is 1. The summed E-state index contributed by atoms with van der Waals surface area (Å²) in [4.78, 5) is 14.3. The molecule has 1 aromatic rings. The van der Waals surface area contributed by atoms with Gasteiger partial charge < -0.3 is 15.8 Å². The van der Waals surface area contributed by atoms with Crippen molar-refractivity contribution in [3.05, 3.63) is 33.8 Å². The van der Waals surface area contributed by atoms with Gasteiger partial charge in [0.1, 0.15) is 5.84 Å². The Balaban J connectivity index is 2.07. The minimum Gasteiger partial charge on any atom is -0.409 e. The lowest BCUT2D eigenvalue weighted by atomic mass is 9.95. The van der Waals surface area contributed by atoms with Gasteiger partial charge in [-0.2, -0.15) is 0 Å². The van der Waals surface area contributed by atoms with Gasteiger partial charge in [0.25, 0.3) is 5.91 Å². The third kappa shape index (κ3) is 2.95. The number of carbonyl (C=O) groups is 1. The van der Waals surface area contributed by atoms with Crippen molar-refractivity contribution >= 4 is 27.7 Å². The van der Waals surface area contributed by atoms with Crippen LogP contribution in [0.15, 0.2) is 27.8 Å². The molecule has 0 atom stereocenters. The zero-order valence-electron chi connectivity index (χ0n) is 11.3. The number of halogens is 1. The summed E-state index contributed by atoms with van der Waals surface area (Å²) in [6.45, 7) is 3.21. The highest BCUT2D eigenvalue weighted by atomic mass is 79.9. The Morgan fingerprint density at radius 2 is 2.10 bits per heavy atom. The van der Waals surface area contributed by atoms with Crippen molar-refractivity contribution in [1.29, 1.82) is 0 Å². The number of oxime groups is 1. The summed E-state index contributed by atoms with van der Waals surface area (Å²) >= 11 is 3.47. The van der Waals surface area contributed by atoms with E-state index in [-0.39, 0.29) is 17.7 Å². The lowest BCUT2D eigenvalue weighted by molar-refractivity contribution is 0.0708. The van der Waals surface area contributed by atoms with Crippen LogP contribution in [0, 0.1) is 12.8 Å². The number of benzene rings is 1. The minimum atomic E-state index is 0.0264. The van der Waals surface area contributed by atoms with Crippen LogP contribution < -0.4 is 5.73 Å². The van der Waals surface area contributed by atoms with Gasteiger partial charge in [-0.05, 0) is 47.3 Å². The van der Waals surface area contributed by atoms with E-state index in [1.807, 2.05) is 30.0 Å². The van der Waals surface area contributed by atoms with Gasteiger partial charge in [-0.3, -0.25) is 4.79 Å². The molecule has 108 valence electrons. The van der Waals surface area contributed by atoms with Crippen molar-refractivity contribution in [2.45, 2.75) is 19.8 Å². The summed E-state index contributed by atoms with van der Waals surface area (Å²) in [5.41, 5.74) is 7.34. The van der Waals surface area contributed by atoms with Crippen molar-refractivity contribution in [1.82, 2.24) is 4.90 Å². The standard InChI is InChI=1S/C14H18BrN3O2/c1-9-3-2-4-11(12(9)15)14(19)18-7-5-10(6-8-18)13(16)17-20/h2-4,10,20H,5-8H2,1H3,(H2,16,17). The number of hydrogen-bond donors (Lipinski definition) is 2. The molecule has 0 saturated carbocycles. The summed E-state index contributed by atoms with van der Waals surface area (Å²) in [6.07, 6.45) is 1.45. The molecule has 1 fully saturated rings. The molecule has 20 heavy (non-hydrogen) atoms. The highest BCUT2D eigenvalue weighted by Gasteiger charge is 2.26. The lowest BCUT2D eigenvalue weighted by Crippen LogP contribution is -2.42. The number of rotatable bonds is 2. The first-order valence-corrected chi connectivity index (χ1v) is 7.35. The van der Waals surface area contributed by atoms with Gasteiger partial charge in [-0.1, -0.05) is 17.3 Å². The molecule has 3 N–H and O–H groups in total. The first kappa shape index (κ1) is 14.8. The van der Waals surface area contributed by atoms with Gasteiger partial charge in [0.05, 0.1) is 5.56 Å². The lowest BCUT2D eigenvalue weighted by Gasteiger charge is -2.31. The molecule has 5 nitrogen and oxygen atoms in total. The maximum atomic E-state index is 12.5. The molecule has 0 bridgehead atoms. The number of likely N-dealkylation sites (tertiary alicyclic amines) is 1. The molecule has 0 unspecified atom stereocenters. The van der Waals surface area contributed by atoms with Crippen LogP contribution in [0.2, 0.25) is 0 Å². The average Bonchev–Trinajstić information content (AvgIpc) is 2.48. The van der Waals surface area contributed by atoms with E-state index in [1.165, 1.54) is 0 Å². The van der Waals surface area contributed by atoms with Gasteiger partial charge in [0, 0.05) is 23.5 Å². The van der Waals surface area contributed by atoms with Crippen LogP contribution in [0.25, 0.3) is 0 Å². The Morgan fingerprint density at radius 3 is 2.70 bits per heavy atom. The van der Waals surface area contributed by atoms with Crippen LogP contribution in [-0.2, 0) is 0 Å². The third-order valence-electron chi connectivity index (χ3n) is 3.74. The van der Waals surface area contributed by atoms with Gasteiger partial charge in [0.15, 0.2) is 0 Å². The van der Waals surface area contributed by atoms with Crippen LogP contribution in [-0.4, -0.2) is 34.9 Å². The maximum absolute atomic E-state index is 12.5. The zero-order valence-corrected chi connectivity index (χ0v) is 12.9. The van der Waals surface area contributed by atoms with Crippen molar-refractivity contribution in [2.75, 3.05) is 13.1 Å². The van der Waals surface area contributed by atoms with Gasteiger partial charge >= 0.3 is 0 Å². The van der Waals surface area contributed by atoms with Crippen molar-refractivity contribution < 1.29 is 10.0 Å². The van der Waals surface area contributed by atoms with E-state index in [1.54, 1.807) is 0 Å². The molecule has 0 aromatic heterocycles. The van der Waals surface area contributed by atoms with Crippen LogP contribution >= 0.6 is 15.9 Å². The summed E-state index contributed by atoms with van der Waals surface area (Å²) in [6, 6.07) is 5.68. The Morgan fingerprint density at radius 1 is 1.45 bits per heavy atom. The fourth-order valence-electron chi connectivity index (χ4n) is 2.44. The highest BCUT2D eigenvalue weighted by molar-refractivity contribution is 9.10. The number of amidine groups is 1. The summed E-state index contributed by atoms with van der Waals surface area (Å²) in [5.74, 6) is 0.345. The highest BCUT2D eigenvalue weighted by Crippen LogP contribution is 2.25. The number of amides is 1.